The molecule has 0 spiro atoms. The first-order chi connectivity index (χ1) is 9.51. The van der Waals surface area contributed by atoms with Crippen LogP contribution in [-0.2, 0) is 10.0 Å². The summed E-state index contributed by atoms with van der Waals surface area (Å²) in [7, 11) is -3.65. The van der Waals surface area contributed by atoms with Gasteiger partial charge in [0.2, 0.25) is 0 Å². The number of nitrogens with one attached hydrogen (secondary N) is 1. The number of hydrogen-bond acceptors (Lipinski definition) is 4. The Morgan fingerprint density at radius 3 is 3.00 bits per heavy atom. The van der Waals surface area contributed by atoms with Gasteiger partial charge in [-0.05, 0) is 18.8 Å². The summed E-state index contributed by atoms with van der Waals surface area (Å²) >= 11 is 7.35. The molecule has 0 aliphatic heterocycles. The third-order valence-electron chi connectivity index (χ3n) is 3.56. The van der Waals surface area contributed by atoms with Gasteiger partial charge in [0.25, 0.3) is 10.0 Å². The van der Waals surface area contributed by atoms with E-state index in [1.165, 1.54) is 28.6 Å². The normalized spacial score (nSPS) is 17.7. The minimum absolute atomic E-state index is 0.0330. The Morgan fingerprint density at radius 1 is 1.60 bits per heavy atom. The second-order valence-electron chi connectivity index (χ2n) is 5.17. The highest BCUT2D eigenvalue weighted by Gasteiger charge is 2.30. The molecule has 2 aromatic rings. The van der Waals surface area contributed by atoms with Crippen molar-refractivity contribution < 1.29 is 8.42 Å². The Hall–Kier alpha value is -0.630. The van der Waals surface area contributed by atoms with Crippen LogP contribution in [0, 0.1) is 5.92 Å². The van der Waals surface area contributed by atoms with Crippen molar-refractivity contribution in [1.29, 1.82) is 0 Å². The maximum atomic E-state index is 12.5. The maximum Gasteiger partial charge on any atom is 0.260 e. The van der Waals surface area contributed by atoms with Gasteiger partial charge >= 0.3 is 0 Å². The van der Waals surface area contributed by atoms with Gasteiger partial charge in [-0.25, -0.2) is 18.1 Å². The van der Waals surface area contributed by atoms with E-state index in [1.54, 1.807) is 11.6 Å². The molecule has 1 aliphatic carbocycles. The molecule has 20 heavy (non-hydrogen) atoms. The highest BCUT2D eigenvalue weighted by molar-refractivity contribution is 7.89. The first kappa shape index (κ1) is 14.3. The standard InChI is InChI=1S/C12H16ClN3O2S2/c1-2-9(7-8-3-4-8)15-20(17,18)11-10(13)14-12-16(11)5-6-19-12/h5-6,8-9,15H,2-4,7H2,1H3. The van der Waals surface area contributed by atoms with Crippen molar-refractivity contribution in [3.8, 4) is 0 Å². The van der Waals surface area contributed by atoms with Crippen LogP contribution in [0.1, 0.15) is 32.6 Å². The molecule has 2 heterocycles. The van der Waals surface area contributed by atoms with E-state index in [-0.39, 0.29) is 16.2 Å². The van der Waals surface area contributed by atoms with Crippen LogP contribution >= 0.6 is 22.9 Å². The van der Waals surface area contributed by atoms with Gasteiger partial charge < -0.3 is 0 Å². The van der Waals surface area contributed by atoms with Crippen LogP contribution in [0.2, 0.25) is 5.15 Å². The molecule has 0 radical (unpaired) electrons. The summed E-state index contributed by atoms with van der Waals surface area (Å²) in [6, 6.07) is -0.0345. The average molecular weight is 334 g/mol. The molecule has 1 N–H and O–H groups in total. The van der Waals surface area contributed by atoms with Crippen LogP contribution in [0.5, 0.6) is 0 Å². The van der Waals surface area contributed by atoms with E-state index in [0.717, 1.165) is 12.8 Å². The van der Waals surface area contributed by atoms with Crippen molar-refractivity contribution in [2.75, 3.05) is 0 Å². The van der Waals surface area contributed by atoms with Gasteiger partial charge in [-0.1, -0.05) is 31.4 Å². The summed E-state index contributed by atoms with van der Waals surface area (Å²) in [6.45, 7) is 1.99. The topological polar surface area (TPSA) is 63.5 Å². The van der Waals surface area contributed by atoms with Crippen molar-refractivity contribution in [3.63, 3.8) is 0 Å². The van der Waals surface area contributed by atoms with E-state index in [9.17, 15) is 8.42 Å². The van der Waals surface area contributed by atoms with Gasteiger partial charge in [0.1, 0.15) is 0 Å². The highest BCUT2D eigenvalue weighted by Crippen LogP contribution is 2.34. The molecule has 8 heteroatoms. The first-order valence-corrected chi connectivity index (χ1v) is 9.38. The van der Waals surface area contributed by atoms with Gasteiger partial charge in [-0.3, -0.25) is 4.40 Å². The maximum absolute atomic E-state index is 12.5. The number of nitrogens with zero attached hydrogens (tertiary/aromatic N) is 2. The monoisotopic (exact) mass is 333 g/mol. The molecule has 5 nitrogen and oxygen atoms in total. The number of fused-ring (bicyclic) bond motifs is 1. The second-order valence-corrected chi connectivity index (χ2v) is 8.03. The highest BCUT2D eigenvalue weighted by atomic mass is 35.5. The summed E-state index contributed by atoms with van der Waals surface area (Å²) in [5.41, 5.74) is 0. The third kappa shape index (κ3) is 2.72. The number of hydrogen-bond donors (Lipinski definition) is 1. The molecule has 0 aromatic carbocycles. The molecule has 1 saturated carbocycles. The molecular formula is C12H16ClN3O2S2. The average Bonchev–Trinajstić information content (AvgIpc) is 2.97. The summed E-state index contributed by atoms with van der Waals surface area (Å²) in [5, 5.41) is 1.87. The van der Waals surface area contributed by atoms with E-state index < -0.39 is 10.0 Å². The predicted molar refractivity (Wildman–Crippen MR) is 79.8 cm³/mol. The number of aromatic nitrogens is 2. The quantitative estimate of drug-likeness (QED) is 0.884. The van der Waals surface area contributed by atoms with E-state index in [1.807, 2.05) is 6.92 Å². The number of halogens is 1. The Kier molecular flexibility index (Phi) is 3.79. The van der Waals surface area contributed by atoms with E-state index in [0.29, 0.717) is 10.9 Å². The zero-order valence-electron chi connectivity index (χ0n) is 11.0. The van der Waals surface area contributed by atoms with Gasteiger partial charge in [-0.15, -0.1) is 11.3 Å². The molecule has 0 amide bonds. The van der Waals surface area contributed by atoms with E-state index in [4.69, 9.17) is 11.6 Å². The molecule has 3 rings (SSSR count). The largest absolute Gasteiger partial charge is 0.279 e. The van der Waals surface area contributed by atoms with Crippen molar-refractivity contribution in [2.45, 2.75) is 43.7 Å². The fourth-order valence-corrected chi connectivity index (χ4v) is 5.09. The fraction of sp³-hybridized carbons (Fsp3) is 0.583. The van der Waals surface area contributed by atoms with Gasteiger partial charge in [0.05, 0.1) is 0 Å². The van der Waals surface area contributed by atoms with Crippen LogP contribution in [0.3, 0.4) is 0 Å². The lowest BCUT2D eigenvalue weighted by molar-refractivity contribution is 0.493. The van der Waals surface area contributed by atoms with Crippen molar-refractivity contribution >= 4 is 37.9 Å². The summed E-state index contributed by atoms with van der Waals surface area (Å²) in [6.07, 6.45) is 5.77. The van der Waals surface area contributed by atoms with Gasteiger partial charge in [0.15, 0.2) is 15.1 Å². The number of rotatable bonds is 6. The molecular weight excluding hydrogens is 318 g/mol. The van der Waals surface area contributed by atoms with E-state index in [2.05, 4.69) is 9.71 Å². The SMILES string of the molecule is CCC(CC1CC1)NS(=O)(=O)c1c(Cl)nc2sccn12. The molecule has 1 fully saturated rings. The lowest BCUT2D eigenvalue weighted by Gasteiger charge is -2.16. The zero-order valence-corrected chi connectivity index (χ0v) is 13.4. The Bertz CT molecular complexity index is 718. The zero-order chi connectivity index (χ0) is 14.3. The van der Waals surface area contributed by atoms with Crippen LogP contribution in [0.4, 0.5) is 0 Å². The molecule has 2 aromatic heterocycles. The van der Waals surface area contributed by atoms with Crippen molar-refractivity contribution in [3.05, 3.63) is 16.7 Å². The van der Waals surface area contributed by atoms with Gasteiger partial charge in [0, 0.05) is 17.6 Å². The fourth-order valence-electron chi connectivity index (χ4n) is 2.31. The Balaban J connectivity index is 1.90. The summed E-state index contributed by atoms with van der Waals surface area (Å²) in [5.74, 6) is 0.671. The number of thiazole rings is 1. The molecule has 1 aliphatic rings. The Labute approximate surface area is 127 Å². The predicted octanol–water partition coefficient (Wildman–Crippen LogP) is 2.91. The second kappa shape index (κ2) is 5.29. The number of sulfonamides is 1. The molecule has 0 bridgehead atoms. The third-order valence-corrected chi connectivity index (χ3v) is 6.24. The molecule has 1 unspecified atom stereocenters. The van der Waals surface area contributed by atoms with Crippen LogP contribution in [0.25, 0.3) is 4.96 Å². The van der Waals surface area contributed by atoms with E-state index >= 15 is 0 Å². The van der Waals surface area contributed by atoms with Crippen LogP contribution in [0.15, 0.2) is 16.6 Å². The van der Waals surface area contributed by atoms with Crippen LogP contribution < -0.4 is 4.72 Å². The van der Waals surface area contributed by atoms with Gasteiger partial charge in [-0.2, -0.15) is 0 Å². The summed E-state index contributed by atoms with van der Waals surface area (Å²) < 4.78 is 29.4. The minimum atomic E-state index is -3.65. The smallest absolute Gasteiger partial charge is 0.260 e. The van der Waals surface area contributed by atoms with Crippen molar-refractivity contribution in [2.24, 2.45) is 5.92 Å². The lowest BCUT2D eigenvalue weighted by Crippen LogP contribution is -2.35. The van der Waals surface area contributed by atoms with Crippen LogP contribution in [-0.4, -0.2) is 23.8 Å². The molecule has 0 saturated heterocycles. The van der Waals surface area contributed by atoms with Crippen molar-refractivity contribution in [1.82, 2.24) is 14.1 Å². The lowest BCUT2D eigenvalue weighted by atomic mass is 10.1. The molecule has 1 atom stereocenters. The number of imidazole rings is 1. The molecule has 110 valence electrons. The summed E-state index contributed by atoms with van der Waals surface area (Å²) in [4.78, 5) is 4.66. The Morgan fingerprint density at radius 2 is 2.35 bits per heavy atom. The first-order valence-electron chi connectivity index (χ1n) is 6.64. The minimum Gasteiger partial charge on any atom is -0.279 e.